The molecule has 0 spiro atoms. The molecule has 0 saturated heterocycles. The zero-order valence-electron chi connectivity index (χ0n) is 15.7. The molecule has 4 heteroatoms. The minimum atomic E-state index is 0. The van der Waals surface area contributed by atoms with E-state index in [1.807, 2.05) is 50.3 Å². The van der Waals surface area contributed by atoms with Crippen LogP contribution in [0, 0.1) is 13.8 Å². The van der Waals surface area contributed by atoms with Crippen molar-refractivity contribution in [1.29, 1.82) is 0 Å². The molecule has 0 heterocycles. The normalized spacial score (nSPS) is 9.00. The van der Waals surface area contributed by atoms with Gasteiger partial charge in [0, 0.05) is 19.3 Å². The molecule has 0 aliphatic carbocycles. The highest BCUT2D eigenvalue weighted by Gasteiger charge is 1.86. The lowest BCUT2D eigenvalue weighted by Gasteiger charge is -1.94. The Bertz CT molecular complexity index is 608. The number of benzene rings is 2. The average Bonchev–Trinajstić information content (AvgIpc) is 2.61. The van der Waals surface area contributed by atoms with Crippen molar-refractivity contribution in [2.45, 2.75) is 20.8 Å². The first-order chi connectivity index (χ1) is 11.6. The Labute approximate surface area is 158 Å². The predicted octanol–water partition coefficient (Wildman–Crippen LogP) is 2.08. The number of carbonyl (C=O) groups is 1. The minimum absolute atomic E-state index is 0. The fraction of sp³-hybridized carbons (Fsp3) is 0.286. The molecule has 0 saturated carbocycles. The standard InChI is InChI=1S/C10H12O.C8H8O.C3H8O.ClH/c1-9-4-3-5-10(8-9)6-7-11-2;1-7-3-2-4-8(5-7)6-9;1-3-4-2;/h3-8H,1-2H3;2-6H,1H3;3H2,1-2H3;1H/p-1. The van der Waals surface area contributed by atoms with Crippen LogP contribution in [0.3, 0.4) is 0 Å². The number of ether oxygens (including phenoxy) is 2. The topological polar surface area (TPSA) is 35.5 Å². The number of aryl methyl sites for hydroxylation is 2. The van der Waals surface area contributed by atoms with Crippen LogP contribution < -0.4 is 12.4 Å². The molecule has 0 amide bonds. The van der Waals surface area contributed by atoms with E-state index in [1.165, 1.54) is 11.1 Å². The highest BCUT2D eigenvalue weighted by molar-refractivity contribution is 5.74. The summed E-state index contributed by atoms with van der Waals surface area (Å²) in [6.07, 6.45) is 4.47. The van der Waals surface area contributed by atoms with E-state index in [4.69, 9.17) is 4.74 Å². The third-order valence-corrected chi connectivity index (χ3v) is 2.91. The van der Waals surface area contributed by atoms with Gasteiger partial charge in [-0.2, -0.15) is 0 Å². The van der Waals surface area contributed by atoms with Crippen LogP contribution in [0.1, 0.15) is 34.0 Å². The van der Waals surface area contributed by atoms with Crippen molar-refractivity contribution in [3.8, 4) is 0 Å². The van der Waals surface area contributed by atoms with Crippen molar-refractivity contribution >= 4 is 12.4 Å². The van der Waals surface area contributed by atoms with Crippen molar-refractivity contribution in [2.24, 2.45) is 0 Å². The number of carbonyl (C=O) groups excluding carboxylic acids is 1. The van der Waals surface area contributed by atoms with E-state index < -0.39 is 0 Å². The van der Waals surface area contributed by atoms with E-state index in [2.05, 4.69) is 23.8 Å². The summed E-state index contributed by atoms with van der Waals surface area (Å²) in [5.74, 6) is 0. The third-order valence-electron chi connectivity index (χ3n) is 2.91. The maximum absolute atomic E-state index is 10.2. The summed E-state index contributed by atoms with van der Waals surface area (Å²) < 4.78 is 9.35. The summed E-state index contributed by atoms with van der Waals surface area (Å²) in [5, 5.41) is 0. The number of rotatable bonds is 4. The molecule has 0 radical (unpaired) electrons. The Balaban J connectivity index is 0. The fourth-order valence-corrected chi connectivity index (χ4v) is 1.66. The molecule has 0 unspecified atom stereocenters. The SMILES string of the molecule is CCOC.COC=Cc1cccc(C)c1.Cc1cccc(C=O)c1.[Cl-]. The fourth-order valence-electron chi connectivity index (χ4n) is 1.66. The van der Waals surface area contributed by atoms with Gasteiger partial charge in [-0.05, 0) is 38.5 Å². The molecule has 0 aliphatic rings. The van der Waals surface area contributed by atoms with E-state index in [1.54, 1.807) is 26.5 Å². The van der Waals surface area contributed by atoms with Gasteiger partial charge in [0.05, 0.1) is 13.4 Å². The van der Waals surface area contributed by atoms with Crippen molar-refractivity contribution in [3.05, 3.63) is 77.0 Å². The average molecular weight is 364 g/mol. The highest BCUT2D eigenvalue weighted by Crippen LogP contribution is 2.05. The van der Waals surface area contributed by atoms with Gasteiger partial charge in [0.1, 0.15) is 6.29 Å². The number of hydrogen-bond acceptors (Lipinski definition) is 3. The van der Waals surface area contributed by atoms with E-state index in [0.717, 1.165) is 24.0 Å². The maximum atomic E-state index is 10.2. The molecule has 0 aliphatic heterocycles. The van der Waals surface area contributed by atoms with Gasteiger partial charge in [0.15, 0.2) is 0 Å². The molecule has 0 bridgehead atoms. The minimum Gasteiger partial charge on any atom is -1.00 e. The monoisotopic (exact) mass is 363 g/mol. The Morgan fingerprint density at radius 2 is 1.40 bits per heavy atom. The molecule has 0 N–H and O–H groups in total. The number of methoxy groups -OCH3 is 2. The molecule has 2 aromatic carbocycles. The van der Waals surface area contributed by atoms with Gasteiger partial charge in [-0.1, -0.05) is 53.6 Å². The molecule has 0 aromatic heterocycles. The third kappa shape index (κ3) is 14.0. The molecule has 2 rings (SSSR count). The number of hydrogen-bond donors (Lipinski definition) is 0. The summed E-state index contributed by atoms with van der Waals surface area (Å²) in [6.45, 7) is 6.82. The van der Waals surface area contributed by atoms with Gasteiger partial charge in [-0.15, -0.1) is 0 Å². The van der Waals surface area contributed by atoms with E-state index in [9.17, 15) is 4.79 Å². The lowest BCUT2D eigenvalue weighted by molar-refractivity contribution is -0.0000122. The Morgan fingerprint density at radius 1 is 0.920 bits per heavy atom. The second kappa shape index (κ2) is 16.7. The van der Waals surface area contributed by atoms with Crippen molar-refractivity contribution in [2.75, 3.05) is 20.8 Å². The lowest BCUT2D eigenvalue weighted by Crippen LogP contribution is -3.00. The predicted molar refractivity (Wildman–Crippen MR) is 101 cm³/mol. The van der Waals surface area contributed by atoms with Crippen LogP contribution in [0.2, 0.25) is 0 Å². The molecular formula is C21H28ClO3-. The van der Waals surface area contributed by atoms with E-state index >= 15 is 0 Å². The summed E-state index contributed by atoms with van der Waals surface area (Å²) in [5.41, 5.74) is 4.31. The van der Waals surface area contributed by atoms with Crippen LogP contribution in [0.15, 0.2) is 54.8 Å². The first kappa shape index (κ1) is 25.1. The quantitative estimate of drug-likeness (QED) is 0.616. The van der Waals surface area contributed by atoms with Crippen LogP contribution in [-0.2, 0) is 9.47 Å². The van der Waals surface area contributed by atoms with Gasteiger partial charge in [0.2, 0.25) is 0 Å². The summed E-state index contributed by atoms with van der Waals surface area (Å²) in [6, 6.07) is 15.7. The first-order valence-corrected chi connectivity index (χ1v) is 7.84. The maximum Gasteiger partial charge on any atom is 0.150 e. The molecular weight excluding hydrogens is 336 g/mol. The van der Waals surface area contributed by atoms with Crippen molar-refractivity contribution in [1.82, 2.24) is 0 Å². The molecule has 0 fully saturated rings. The van der Waals surface area contributed by atoms with E-state index in [0.29, 0.717) is 0 Å². The molecule has 0 atom stereocenters. The van der Waals surface area contributed by atoms with Gasteiger partial charge < -0.3 is 21.9 Å². The first-order valence-electron chi connectivity index (χ1n) is 7.84. The summed E-state index contributed by atoms with van der Waals surface area (Å²) in [4.78, 5) is 10.2. The lowest BCUT2D eigenvalue weighted by atomic mass is 10.1. The highest BCUT2D eigenvalue weighted by atomic mass is 35.5. The van der Waals surface area contributed by atoms with Crippen molar-refractivity contribution < 1.29 is 26.7 Å². The van der Waals surface area contributed by atoms with Crippen LogP contribution >= 0.6 is 0 Å². The number of halogens is 1. The molecule has 138 valence electrons. The molecule has 2 aromatic rings. The van der Waals surface area contributed by atoms with Crippen LogP contribution in [0.25, 0.3) is 6.08 Å². The van der Waals surface area contributed by atoms with Gasteiger partial charge in [-0.25, -0.2) is 0 Å². The van der Waals surface area contributed by atoms with Crippen LogP contribution in [0.4, 0.5) is 0 Å². The Kier molecular flexibility index (Phi) is 16.8. The second-order valence-electron chi connectivity index (χ2n) is 5.06. The Morgan fingerprint density at radius 3 is 1.76 bits per heavy atom. The van der Waals surface area contributed by atoms with E-state index in [-0.39, 0.29) is 12.4 Å². The van der Waals surface area contributed by atoms with Gasteiger partial charge >= 0.3 is 0 Å². The smallest absolute Gasteiger partial charge is 0.150 e. The largest absolute Gasteiger partial charge is 1.00 e. The number of aldehydes is 1. The van der Waals surface area contributed by atoms with Crippen molar-refractivity contribution in [3.63, 3.8) is 0 Å². The molecule has 3 nitrogen and oxygen atoms in total. The second-order valence-corrected chi connectivity index (χ2v) is 5.06. The zero-order valence-corrected chi connectivity index (χ0v) is 16.4. The van der Waals surface area contributed by atoms with Gasteiger partial charge in [0.25, 0.3) is 0 Å². The summed E-state index contributed by atoms with van der Waals surface area (Å²) >= 11 is 0. The van der Waals surface area contributed by atoms with Gasteiger partial charge in [-0.3, -0.25) is 4.79 Å². The summed E-state index contributed by atoms with van der Waals surface area (Å²) in [7, 11) is 3.33. The zero-order chi connectivity index (χ0) is 18.2. The van der Waals surface area contributed by atoms with Crippen LogP contribution in [0.5, 0.6) is 0 Å². The van der Waals surface area contributed by atoms with Crippen LogP contribution in [-0.4, -0.2) is 27.1 Å². The molecule has 25 heavy (non-hydrogen) atoms. The Hall–Kier alpha value is -2.10.